The lowest BCUT2D eigenvalue weighted by Crippen LogP contribution is -2.28. The van der Waals surface area contributed by atoms with Crippen molar-refractivity contribution in [2.75, 3.05) is 18.9 Å². The van der Waals surface area contributed by atoms with Crippen LogP contribution in [0.5, 0.6) is 0 Å². The molecule has 3 aromatic rings. The summed E-state index contributed by atoms with van der Waals surface area (Å²) in [5.74, 6) is 0.416. The second-order valence-electron chi connectivity index (χ2n) is 7.73. The Morgan fingerprint density at radius 3 is 2.45 bits per heavy atom. The Bertz CT molecular complexity index is 1070. The largest absolute Gasteiger partial charge is 0.375 e. The number of hydrogen-bond donors (Lipinski definition) is 1. The minimum atomic E-state index is -0.141. The molecule has 1 N–H and O–H groups in total. The summed E-state index contributed by atoms with van der Waals surface area (Å²) in [4.78, 5) is 26.8. The number of nitrogens with zero attached hydrogens (tertiary/aromatic N) is 1. The third-order valence-corrected chi connectivity index (χ3v) is 6.84. The first-order valence-corrected chi connectivity index (χ1v) is 12.2. The third kappa shape index (κ3) is 6.38. The Morgan fingerprint density at radius 1 is 1.00 bits per heavy atom. The summed E-state index contributed by atoms with van der Waals surface area (Å²) in [6, 6.07) is 24.9. The Labute approximate surface area is 203 Å². The zero-order valence-corrected chi connectivity index (χ0v) is 19.6. The van der Waals surface area contributed by atoms with Crippen molar-refractivity contribution < 1.29 is 14.3 Å². The van der Waals surface area contributed by atoms with E-state index in [0.29, 0.717) is 42.6 Å². The number of hydrogen-bond acceptors (Lipinski definition) is 4. The fraction of sp³-hybridized carbons (Fsp3) is 0.231. The summed E-state index contributed by atoms with van der Waals surface area (Å²) in [7, 11) is 0. The van der Waals surface area contributed by atoms with E-state index in [9.17, 15) is 9.59 Å². The molecule has 170 valence electrons. The molecule has 1 fully saturated rings. The zero-order chi connectivity index (χ0) is 23.0. The topological polar surface area (TPSA) is 58.6 Å². The average Bonchev–Trinajstić information content (AvgIpc) is 3.21. The van der Waals surface area contributed by atoms with Gasteiger partial charge in [-0.2, -0.15) is 0 Å². The monoisotopic (exact) mass is 480 g/mol. The van der Waals surface area contributed by atoms with E-state index >= 15 is 0 Å². The molecule has 0 saturated carbocycles. The van der Waals surface area contributed by atoms with Gasteiger partial charge in [0.05, 0.1) is 19.0 Å². The molecule has 33 heavy (non-hydrogen) atoms. The van der Waals surface area contributed by atoms with Crippen molar-refractivity contribution in [3.05, 3.63) is 106 Å². The van der Waals surface area contributed by atoms with Gasteiger partial charge in [-0.05, 0) is 41.0 Å². The van der Waals surface area contributed by atoms with Crippen LogP contribution in [-0.4, -0.2) is 35.6 Å². The molecule has 4 rings (SSSR count). The zero-order valence-electron chi connectivity index (χ0n) is 18.1. The summed E-state index contributed by atoms with van der Waals surface area (Å²) >= 11 is 7.57. The van der Waals surface area contributed by atoms with Crippen LogP contribution in [0.2, 0.25) is 5.02 Å². The van der Waals surface area contributed by atoms with Gasteiger partial charge in [-0.3, -0.25) is 9.59 Å². The fourth-order valence-corrected chi connectivity index (χ4v) is 4.90. The molecule has 3 aromatic carbocycles. The molecular weight excluding hydrogens is 456 g/mol. The van der Waals surface area contributed by atoms with E-state index in [-0.39, 0.29) is 17.2 Å². The number of carbonyl (C=O) groups is 2. The summed E-state index contributed by atoms with van der Waals surface area (Å²) < 4.78 is 5.61. The fourth-order valence-electron chi connectivity index (χ4n) is 3.59. The number of thioether (sulfide) groups is 1. The van der Waals surface area contributed by atoms with Crippen molar-refractivity contribution in [1.82, 2.24) is 10.2 Å². The molecule has 1 aliphatic heterocycles. The molecule has 0 spiro atoms. The number of rotatable bonds is 9. The first-order chi connectivity index (χ1) is 16.1. The van der Waals surface area contributed by atoms with Crippen molar-refractivity contribution >= 4 is 35.2 Å². The van der Waals surface area contributed by atoms with Crippen molar-refractivity contribution in [1.29, 1.82) is 0 Å². The minimum Gasteiger partial charge on any atom is -0.375 e. The Balaban J connectivity index is 1.28. The van der Waals surface area contributed by atoms with E-state index in [2.05, 4.69) is 5.32 Å². The predicted molar refractivity (Wildman–Crippen MR) is 132 cm³/mol. The van der Waals surface area contributed by atoms with Gasteiger partial charge in [0.25, 0.3) is 5.91 Å². The summed E-state index contributed by atoms with van der Waals surface area (Å²) in [6.45, 7) is 1.93. The predicted octanol–water partition coefficient (Wildman–Crippen LogP) is 5.06. The number of amides is 2. The van der Waals surface area contributed by atoms with E-state index in [0.717, 1.165) is 16.7 Å². The number of nitrogens with one attached hydrogen (secondary N) is 1. The van der Waals surface area contributed by atoms with Gasteiger partial charge in [-0.1, -0.05) is 66.2 Å². The molecule has 1 unspecified atom stereocenters. The Kier molecular flexibility index (Phi) is 8.05. The van der Waals surface area contributed by atoms with Crippen LogP contribution in [0.25, 0.3) is 0 Å². The molecule has 0 aromatic heterocycles. The normalized spacial score (nSPS) is 15.6. The van der Waals surface area contributed by atoms with Crippen LogP contribution in [0.15, 0.2) is 78.9 Å². The van der Waals surface area contributed by atoms with Gasteiger partial charge in [0.15, 0.2) is 0 Å². The van der Waals surface area contributed by atoms with Crippen LogP contribution in [0.3, 0.4) is 0 Å². The highest BCUT2D eigenvalue weighted by molar-refractivity contribution is 8.00. The highest BCUT2D eigenvalue weighted by Gasteiger charge is 2.32. The van der Waals surface area contributed by atoms with Gasteiger partial charge in [0.2, 0.25) is 5.91 Å². The van der Waals surface area contributed by atoms with Crippen molar-refractivity contribution in [3.63, 3.8) is 0 Å². The maximum atomic E-state index is 12.5. The average molecular weight is 481 g/mol. The molecule has 0 aliphatic carbocycles. The first-order valence-electron chi connectivity index (χ1n) is 10.8. The van der Waals surface area contributed by atoms with Crippen molar-refractivity contribution in [3.8, 4) is 0 Å². The van der Waals surface area contributed by atoms with Crippen molar-refractivity contribution in [2.45, 2.75) is 18.5 Å². The van der Waals surface area contributed by atoms with Gasteiger partial charge < -0.3 is 15.0 Å². The molecule has 0 radical (unpaired) electrons. The van der Waals surface area contributed by atoms with E-state index in [4.69, 9.17) is 16.3 Å². The van der Waals surface area contributed by atoms with Crippen LogP contribution < -0.4 is 5.32 Å². The maximum absolute atomic E-state index is 12.5. The Hall–Kier alpha value is -2.80. The molecule has 1 atom stereocenters. The van der Waals surface area contributed by atoms with Gasteiger partial charge in [-0.25, -0.2) is 0 Å². The minimum absolute atomic E-state index is 0.0725. The van der Waals surface area contributed by atoms with Crippen LogP contribution in [-0.2, 0) is 22.7 Å². The molecular formula is C26H25ClN2O3S. The molecule has 1 heterocycles. The lowest BCUT2D eigenvalue weighted by Gasteiger charge is -2.24. The number of halogens is 1. The number of carbonyl (C=O) groups excluding carboxylic acids is 2. The van der Waals surface area contributed by atoms with Crippen LogP contribution >= 0.6 is 23.4 Å². The lowest BCUT2D eigenvalue weighted by atomic mass is 10.1. The van der Waals surface area contributed by atoms with Gasteiger partial charge in [0.1, 0.15) is 5.37 Å². The van der Waals surface area contributed by atoms with Crippen LogP contribution in [0, 0.1) is 0 Å². The van der Waals surface area contributed by atoms with Gasteiger partial charge in [-0.15, -0.1) is 11.8 Å². The Morgan fingerprint density at radius 2 is 1.73 bits per heavy atom. The summed E-state index contributed by atoms with van der Waals surface area (Å²) in [6.07, 6.45) is 0. The van der Waals surface area contributed by atoms with Crippen LogP contribution in [0.1, 0.15) is 32.4 Å². The lowest BCUT2D eigenvalue weighted by molar-refractivity contribution is -0.128. The van der Waals surface area contributed by atoms with Crippen molar-refractivity contribution in [2.24, 2.45) is 0 Å². The van der Waals surface area contributed by atoms with E-state index in [1.165, 1.54) is 0 Å². The van der Waals surface area contributed by atoms with Gasteiger partial charge in [0, 0.05) is 23.7 Å². The molecule has 5 nitrogen and oxygen atoms in total. The third-order valence-electron chi connectivity index (χ3n) is 5.34. The molecule has 1 saturated heterocycles. The molecule has 0 bridgehead atoms. The second-order valence-corrected chi connectivity index (χ2v) is 9.23. The molecule has 2 amide bonds. The highest BCUT2D eigenvalue weighted by atomic mass is 35.5. The highest BCUT2D eigenvalue weighted by Crippen LogP contribution is 2.39. The van der Waals surface area contributed by atoms with Gasteiger partial charge >= 0.3 is 0 Å². The number of benzene rings is 3. The van der Waals surface area contributed by atoms with E-state index in [1.54, 1.807) is 23.9 Å². The molecule has 1 aliphatic rings. The van der Waals surface area contributed by atoms with E-state index < -0.39 is 0 Å². The quantitative estimate of drug-likeness (QED) is 0.435. The molecule has 7 heteroatoms. The summed E-state index contributed by atoms with van der Waals surface area (Å²) in [5, 5.41) is 3.49. The smallest absolute Gasteiger partial charge is 0.251 e. The maximum Gasteiger partial charge on any atom is 0.251 e. The summed E-state index contributed by atoms with van der Waals surface area (Å²) in [5.41, 5.74) is 3.72. The van der Waals surface area contributed by atoms with E-state index in [1.807, 2.05) is 71.6 Å². The number of ether oxygens (including phenoxy) is 1. The SMILES string of the molecule is O=C(NCCOCc1ccccc1)c1ccc(C2SCC(=O)N2Cc2ccc(Cl)cc2)cc1. The van der Waals surface area contributed by atoms with Crippen LogP contribution in [0.4, 0.5) is 0 Å². The second kappa shape index (κ2) is 11.4. The standard InChI is InChI=1S/C26H25ClN2O3S/c27-23-12-6-19(7-13-23)16-29-24(30)18-33-26(29)22-10-8-21(9-11-22)25(31)28-14-15-32-17-20-4-2-1-3-5-20/h1-13,26H,14-18H2,(H,28,31). The first kappa shape index (κ1) is 23.4.